The number of benzene rings is 1. The van der Waals surface area contributed by atoms with E-state index in [9.17, 15) is 13.2 Å². The van der Waals surface area contributed by atoms with Gasteiger partial charge in [-0.25, -0.2) is 12.7 Å². The van der Waals surface area contributed by atoms with Crippen LogP contribution in [0.4, 0.5) is 5.69 Å². The predicted molar refractivity (Wildman–Crippen MR) is 98.8 cm³/mol. The van der Waals surface area contributed by atoms with Crippen molar-refractivity contribution in [1.82, 2.24) is 4.31 Å². The van der Waals surface area contributed by atoms with Crippen LogP contribution in [-0.4, -0.2) is 45.3 Å². The molecule has 0 bridgehead atoms. The van der Waals surface area contributed by atoms with Gasteiger partial charge in [0.25, 0.3) is 5.91 Å². The summed E-state index contributed by atoms with van der Waals surface area (Å²) in [7, 11) is -0.446. The fourth-order valence-electron chi connectivity index (χ4n) is 3.13. The van der Waals surface area contributed by atoms with Crippen molar-refractivity contribution in [3.8, 4) is 0 Å². The van der Waals surface area contributed by atoms with E-state index in [0.29, 0.717) is 18.3 Å². The SMILES string of the molecule is CN(C)S(=O)(=O)c1ccc(NC(=O)C[NH2+]C2CCCCCCC2)cc1. The van der Waals surface area contributed by atoms with Crippen LogP contribution in [0.15, 0.2) is 29.2 Å². The number of nitrogens with zero attached hydrogens (tertiary/aromatic N) is 1. The molecule has 1 aliphatic carbocycles. The van der Waals surface area contributed by atoms with E-state index >= 15 is 0 Å². The number of carbonyl (C=O) groups excluding carboxylic acids is 1. The molecule has 7 heteroatoms. The van der Waals surface area contributed by atoms with Gasteiger partial charge < -0.3 is 10.6 Å². The lowest BCUT2D eigenvalue weighted by atomic mass is 9.97. The van der Waals surface area contributed by atoms with Crippen LogP contribution in [0, 0.1) is 0 Å². The minimum absolute atomic E-state index is 0.0507. The van der Waals surface area contributed by atoms with E-state index in [2.05, 4.69) is 10.6 Å². The molecule has 1 fully saturated rings. The normalized spacial score (nSPS) is 17.1. The first kappa shape index (κ1) is 19.9. The second-order valence-electron chi connectivity index (χ2n) is 6.91. The maximum absolute atomic E-state index is 12.1. The second kappa shape index (κ2) is 9.31. The zero-order valence-corrected chi connectivity index (χ0v) is 16.0. The first-order chi connectivity index (χ1) is 11.9. The lowest BCUT2D eigenvalue weighted by Crippen LogP contribution is -2.91. The van der Waals surface area contributed by atoms with Gasteiger partial charge in [0.15, 0.2) is 6.54 Å². The van der Waals surface area contributed by atoms with Gasteiger partial charge in [-0.15, -0.1) is 0 Å². The van der Waals surface area contributed by atoms with Crippen molar-refractivity contribution in [1.29, 1.82) is 0 Å². The molecule has 0 aliphatic heterocycles. The summed E-state index contributed by atoms with van der Waals surface area (Å²) in [5.41, 5.74) is 0.619. The number of sulfonamides is 1. The molecule has 0 unspecified atom stereocenters. The van der Waals surface area contributed by atoms with Gasteiger partial charge in [0, 0.05) is 19.8 Å². The number of carbonyl (C=O) groups is 1. The summed E-state index contributed by atoms with van der Waals surface area (Å²) >= 11 is 0. The Balaban J connectivity index is 1.84. The smallest absolute Gasteiger partial charge is 0.279 e. The Morgan fingerprint density at radius 3 is 2.20 bits per heavy atom. The number of amides is 1. The Morgan fingerprint density at radius 2 is 1.64 bits per heavy atom. The van der Waals surface area contributed by atoms with E-state index in [1.54, 1.807) is 12.1 Å². The van der Waals surface area contributed by atoms with E-state index in [-0.39, 0.29) is 10.8 Å². The molecule has 0 radical (unpaired) electrons. The van der Waals surface area contributed by atoms with Gasteiger partial charge in [0.05, 0.1) is 10.9 Å². The van der Waals surface area contributed by atoms with Gasteiger partial charge in [0.1, 0.15) is 0 Å². The number of hydrogen-bond donors (Lipinski definition) is 2. The zero-order valence-electron chi connectivity index (χ0n) is 15.2. The number of nitrogens with two attached hydrogens (primary N) is 1. The molecule has 1 amide bonds. The van der Waals surface area contributed by atoms with Crippen molar-refractivity contribution < 1.29 is 18.5 Å². The van der Waals surface area contributed by atoms with Gasteiger partial charge >= 0.3 is 0 Å². The maximum Gasteiger partial charge on any atom is 0.279 e. The molecular weight excluding hydrogens is 338 g/mol. The summed E-state index contributed by atoms with van der Waals surface area (Å²) in [6, 6.07) is 6.83. The summed E-state index contributed by atoms with van der Waals surface area (Å²) in [4.78, 5) is 12.3. The molecule has 0 atom stereocenters. The number of anilines is 1. The number of nitrogens with one attached hydrogen (secondary N) is 1. The minimum Gasteiger partial charge on any atom is -0.336 e. The van der Waals surface area contributed by atoms with E-state index in [1.807, 2.05) is 0 Å². The molecule has 1 saturated carbocycles. The van der Waals surface area contributed by atoms with E-state index in [0.717, 1.165) is 0 Å². The first-order valence-electron chi connectivity index (χ1n) is 9.05. The topological polar surface area (TPSA) is 83.1 Å². The molecule has 25 heavy (non-hydrogen) atoms. The van der Waals surface area contributed by atoms with Gasteiger partial charge in [0.2, 0.25) is 10.0 Å². The average Bonchev–Trinajstić information content (AvgIpc) is 2.54. The van der Waals surface area contributed by atoms with Crippen LogP contribution >= 0.6 is 0 Å². The third-order valence-electron chi connectivity index (χ3n) is 4.70. The van der Waals surface area contributed by atoms with Crippen LogP contribution in [0.5, 0.6) is 0 Å². The summed E-state index contributed by atoms with van der Waals surface area (Å²) in [5, 5.41) is 4.98. The van der Waals surface area contributed by atoms with Crippen LogP contribution in [0.1, 0.15) is 44.9 Å². The summed E-state index contributed by atoms with van der Waals surface area (Å²) in [5.74, 6) is -0.0507. The lowest BCUT2D eigenvalue weighted by Gasteiger charge is -2.18. The number of rotatable bonds is 6. The molecule has 1 aromatic rings. The average molecular weight is 369 g/mol. The Hall–Kier alpha value is -1.44. The van der Waals surface area contributed by atoms with Crippen molar-refractivity contribution in [3.63, 3.8) is 0 Å². The van der Waals surface area contributed by atoms with Gasteiger partial charge in [-0.05, 0) is 49.9 Å². The highest BCUT2D eigenvalue weighted by molar-refractivity contribution is 7.89. The highest BCUT2D eigenvalue weighted by Gasteiger charge is 2.18. The zero-order chi connectivity index (χ0) is 18.3. The molecule has 2 rings (SSSR count). The molecule has 0 heterocycles. The third-order valence-corrected chi connectivity index (χ3v) is 6.53. The van der Waals surface area contributed by atoms with Crippen molar-refractivity contribution in [2.24, 2.45) is 0 Å². The molecule has 1 aromatic carbocycles. The minimum atomic E-state index is -3.44. The number of quaternary nitrogens is 1. The standard InChI is InChI=1S/C18H29N3O3S/c1-21(2)25(23,24)17-12-10-16(11-13-17)20-18(22)14-19-15-8-6-4-3-5-7-9-15/h10-13,15,19H,3-9,14H2,1-2H3,(H,20,22)/p+1. The van der Waals surface area contributed by atoms with Gasteiger partial charge in [-0.2, -0.15) is 0 Å². The Kier molecular flexibility index (Phi) is 7.40. The lowest BCUT2D eigenvalue weighted by molar-refractivity contribution is -0.680. The molecule has 140 valence electrons. The fraction of sp³-hybridized carbons (Fsp3) is 0.611. The number of hydrogen-bond acceptors (Lipinski definition) is 3. The first-order valence-corrected chi connectivity index (χ1v) is 10.5. The summed E-state index contributed by atoms with van der Waals surface area (Å²) in [6.07, 6.45) is 8.83. The van der Waals surface area contributed by atoms with Crippen molar-refractivity contribution in [2.75, 3.05) is 26.0 Å². The Labute approximate surface area is 151 Å². The molecule has 6 nitrogen and oxygen atoms in total. The predicted octanol–water partition coefficient (Wildman–Crippen LogP) is 1.55. The fourth-order valence-corrected chi connectivity index (χ4v) is 4.03. The highest BCUT2D eigenvalue weighted by Crippen LogP contribution is 2.17. The molecule has 0 spiro atoms. The van der Waals surface area contributed by atoms with Crippen LogP contribution in [0.2, 0.25) is 0 Å². The van der Waals surface area contributed by atoms with Crippen molar-refractivity contribution in [2.45, 2.75) is 55.9 Å². The largest absolute Gasteiger partial charge is 0.336 e. The van der Waals surface area contributed by atoms with Crippen LogP contribution in [0.3, 0.4) is 0 Å². The molecule has 0 saturated heterocycles. The van der Waals surface area contributed by atoms with Crippen molar-refractivity contribution >= 4 is 21.6 Å². The van der Waals surface area contributed by atoms with Gasteiger partial charge in [-0.1, -0.05) is 19.3 Å². The van der Waals surface area contributed by atoms with Gasteiger partial charge in [-0.3, -0.25) is 4.79 Å². The second-order valence-corrected chi connectivity index (χ2v) is 9.06. The van der Waals surface area contributed by atoms with Crippen molar-refractivity contribution in [3.05, 3.63) is 24.3 Å². The Bertz CT molecular complexity index is 649. The molecular formula is C18H30N3O3S+. The third kappa shape index (κ3) is 6.09. The Morgan fingerprint density at radius 1 is 1.08 bits per heavy atom. The molecule has 3 N–H and O–H groups in total. The maximum atomic E-state index is 12.1. The van der Waals surface area contributed by atoms with Crippen LogP contribution in [0.25, 0.3) is 0 Å². The van der Waals surface area contributed by atoms with E-state index in [4.69, 9.17) is 0 Å². The van der Waals surface area contributed by atoms with E-state index in [1.165, 1.54) is 75.5 Å². The monoisotopic (exact) mass is 368 g/mol. The molecule has 0 aromatic heterocycles. The summed E-state index contributed by atoms with van der Waals surface area (Å²) < 4.78 is 25.2. The summed E-state index contributed by atoms with van der Waals surface area (Å²) in [6.45, 7) is 0.405. The quantitative estimate of drug-likeness (QED) is 0.799. The van der Waals surface area contributed by atoms with E-state index < -0.39 is 10.0 Å². The molecule has 1 aliphatic rings. The highest BCUT2D eigenvalue weighted by atomic mass is 32.2. The van der Waals surface area contributed by atoms with Crippen LogP contribution in [-0.2, 0) is 14.8 Å². The van der Waals surface area contributed by atoms with Crippen LogP contribution < -0.4 is 10.6 Å².